The molecule has 0 spiro atoms. The van der Waals surface area contributed by atoms with Crippen LogP contribution in [0.4, 0.5) is 5.95 Å². The molecule has 0 N–H and O–H groups in total. The van der Waals surface area contributed by atoms with Gasteiger partial charge in [-0.3, -0.25) is 4.90 Å². The Morgan fingerprint density at radius 2 is 1.79 bits per heavy atom. The van der Waals surface area contributed by atoms with Crippen molar-refractivity contribution in [1.82, 2.24) is 14.9 Å². The minimum atomic E-state index is 0.0828. The summed E-state index contributed by atoms with van der Waals surface area (Å²) in [6.07, 6.45) is 4.78. The van der Waals surface area contributed by atoms with Crippen LogP contribution in [0.25, 0.3) is 0 Å². The van der Waals surface area contributed by atoms with Gasteiger partial charge in [0, 0.05) is 45.1 Å². The van der Waals surface area contributed by atoms with Gasteiger partial charge >= 0.3 is 0 Å². The van der Waals surface area contributed by atoms with Crippen LogP contribution < -0.4 is 14.4 Å². The highest BCUT2D eigenvalue weighted by Crippen LogP contribution is 2.31. The van der Waals surface area contributed by atoms with Crippen LogP contribution >= 0.6 is 0 Å². The van der Waals surface area contributed by atoms with Crippen LogP contribution in [0.5, 0.6) is 11.5 Å². The van der Waals surface area contributed by atoms with E-state index in [0.29, 0.717) is 6.61 Å². The van der Waals surface area contributed by atoms with Crippen molar-refractivity contribution in [3.8, 4) is 11.5 Å². The van der Waals surface area contributed by atoms with Gasteiger partial charge in [0.2, 0.25) is 5.95 Å². The summed E-state index contributed by atoms with van der Waals surface area (Å²) in [5.74, 6) is 2.52. The number of aromatic nitrogens is 2. The Morgan fingerprint density at radius 3 is 2.67 bits per heavy atom. The van der Waals surface area contributed by atoms with Gasteiger partial charge in [-0.15, -0.1) is 0 Å². The molecule has 0 radical (unpaired) electrons. The molecule has 0 saturated carbocycles. The van der Waals surface area contributed by atoms with Gasteiger partial charge in [0.1, 0.15) is 12.7 Å². The van der Waals surface area contributed by atoms with Crippen molar-refractivity contribution in [1.29, 1.82) is 0 Å². The van der Waals surface area contributed by atoms with Gasteiger partial charge in [0.15, 0.2) is 11.5 Å². The summed E-state index contributed by atoms with van der Waals surface area (Å²) in [6.45, 7) is 5.47. The number of anilines is 1. The lowest BCUT2D eigenvalue weighted by Gasteiger charge is -2.30. The first-order chi connectivity index (χ1) is 11.9. The molecule has 2 aliphatic heterocycles. The summed E-state index contributed by atoms with van der Waals surface area (Å²) < 4.78 is 11.9. The Kier molecular flexibility index (Phi) is 4.46. The highest BCUT2D eigenvalue weighted by Gasteiger charge is 2.24. The monoisotopic (exact) mass is 326 g/mol. The molecule has 0 unspecified atom stereocenters. The van der Waals surface area contributed by atoms with E-state index in [0.717, 1.165) is 56.6 Å². The molecule has 2 aromatic rings. The molecule has 0 bridgehead atoms. The molecule has 2 aliphatic rings. The fourth-order valence-corrected chi connectivity index (χ4v) is 3.25. The molecule has 4 rings (SSSR count). The summed E-state index contributed by atoms with van der Waals surface area (Å²) in [6, 6.07) is 9.73. The average Bonchev–Trinajstić information content (AvgIpc) is 2.88. The van der Waals surface area contributed by atoms with E-state index in [1.165, 1.54) is 0 Å². The first-order valence-electron chi connectivity index (χ1n) is 8.51. The third-order valence-corrected chi connectivity index (χ3v) is 4.45. The zero-order valence-electron chi connectivity index (χ0n) is 13.7. The van der Waals surface area contributed by atoms with E-state index < -0.39 is 0 Å². The largest absolute Gasteiger partial charge is 0.486 e. The van der Waals surface area contributed by atoms with Crippen LogP contribution in [0.1, 0.15) is 6.42 Å². The molecule has 0 aliphatic carbocycles. The molecule has 1 atom stereocenters. The van der Waals surface area contributed by atoms with Crippen molar-refractivity contribution in [3.63, 3.8) is 0 Å². The van der Waals surface area contributed by atoms with Crippen LogP contribution in [0.3, 0.4) is 0 Å². The van der Waals surface area contributed by atoms with Crippen LogP contribution in [0.2, 0.25) is 0 Å². The molecule has 1 fully saturated rings. The summed E-state index contributed by atoms with van der Waals surface area (Å²) in [7, 11) is 0. The zero-order valence-corrected chi connectivity index (χ0v) is 13.7. The fraction of sp³-hybridized carbons (Fsp3) is 0.444. The smallest absolute Gasteiger partial charge is 0.225 e. The number of nitrogens with zero attached hydrogens (tertiary/aromatic N) is 4. The van der Waals surface area contributed by atoms with Crippen molar-refractivity contribution in [2.24, 2.45) is 0 Å². The molecule has 1 saturated heterocycles. The van der Waals surface area contributed by atoms with Crippen molar-refractivity contribution in [3.05, 3.63) is 42.7 Å². The van der Waals surface area contributed by atoms with Crippen molar-refractivity contribution >= 4 is 5.95 Å². The average molecular weight is 326 g/mol. The van der Waals surface area contributed by atoms with E-state index in [2.05, 4.69) is 19.8 Å². The first-order valence-corrected chi connectivity index (χ1v) is 8.51. The van der Waals surface area contributed by atoms with Gasteiger partial charge in [0.05, 0.1) is 0 Å². The van der Waals surface area contributed by atoms with Crippen LogP contribution in [0.15, 0.2) is 42.7 Å². The second kappa shape index (κ2) is 7.05. The molecule has 1 aromatic heterocycles. The van der Waals surface area contributed by atoms with Gasteiger partial charge in [-0.1, -0.05) is 12.1 Å². The van der Waals surface area contributed by atoms with Gasteiger partial charge < -0.3 is 14.4 Å². The third-order valence-electron chi connectivity index (χ3n) is 4.45. The van der Waals surface area contributed by atoms with Crippen molar-refractivity contribution < 1.29 is 9.47 Å². The Hall–Kier alpha value is -2.34. The Morgan fingerprint density at radius 1 is 0.958 bits per heavy atom. The first kappa shape index (κ1) is 15.2. The second-order valence-corrected chi connectivity index (χ2v) is 6.19. The Balaban J connectivity index is 1.34. The standard InChI is InChI=1S/C18H22N4O2/c1-2-6-17-16(5-1)23-14-15(24-17)13-21-9-4-10-22(12-11-21)18-19-7-3-8-20-18/h1-3,5-8,15H,4,9-14H2/t15-/m1/s1. The van der Waals surface area contributed by atoms with E-state index in [9.17, 15) is 0 Å². The minimum absolute atomic E-state index is 0.0828. The predicted octanol–water partition coefficient (Wildman–Crippen LogP) is 1.83. The quantitative estimate of drug-likeness (QED) is 0.858. The maximum Gasteiger partial charge on any atom is 0.225 e. The normalized spacial score (nSPS) is 21.3. The molecular weight excluding hydrogens is 304 g/mol. The van der Waals surface area contributed by atoms with Crippen molar-refractivity contribution in [2.75, 3.05) is 44.2 Å². The third kappa shape index (κ3) is 3.43. The maximum absolute atomic E-state index is 6.08. The van der Waals surface area contributed by atoms with Gasteiger partial charge in [-0.2, -0.15) is 0 Å². The van der Waals surface area contributed by atoms with Crippen LogP contribution in [-0.2, 0) is 0 Å². The number of benzene rings is 1. The highest BCUT2D eigenvalue weighted by molar-refractivity contribution is 5.40. The van der Waals surface area contributed by atoms with Crippen LogP contribution in [0, 0.1) is 0 Å². The fourth-order valence-electron chi connectivity index (χ4n) is 3.25. The molecule has 1 aromatic carbocycles. The number of rotatable bonds is 3. The van der Waals surface area contributed by atoms with Crippen molar-refractivity contribution in [2.45, 2.75) is 12.5 Å². The Bertz CT molecular complexity index is 667. The lowest BCUT2D eigenvalue weighted by molar-refractivity contribution is 0.0606. The van der Waals surface area contributed by atoms with E-state index in [1.54, 1.807) is 12.4 Å². The topological polar surface area (TPSA) is 50.7 Å². The molecule has 6 heteroatoms. The number of fused-ring (bicyclic) bond motifs is 1. The molecule has 0 amide bonds. The molecular formula is C18H22N4O2. The summed E-state index contributed by atoms with van der Waals surface area (Å²) in [4.78, 5) is 13.4. The van der Waals surface area contributed by atoms with Gasteiger partial charge in [-0.25, -0.2) is 9.97 Å². The number of hydrogen-bond donors (Lipinski definition) is 0. The zero-order chi connectivity index (χ0) is 16.2. The summed E-state index contributed by atoms with van der Waals surface area (Å²) in [5.41, 5.74) is 0. The number of ether oxygens (including phenoxy) is 2. The minimum Gasteiger partial charge on any atom is -0.486 e. The van der Waals surface area contributed by atoms with E-state index in [-0.39, 0.29) is 6.10 Å². The second-order valence-electron chi connectivity index (χ2n) is 6.19. The van der Waals surface area contributed by atoms with Gasteiger partial charge in [0.25, 0.3) is 0 Å². The molecule has 6 nitrogen and oxygen atoms in total. The highest BCUT2D eigenvalue weighted by atomic mass is 16.6. The molecule has 126 valence electrons. The van der Waals surface area contributed by atoms with Crippen LogP contribution in [-0.4, -0.2) is 60.3 Å². The lowest BCUT2D eigenvalue weighted by Crippen LogP contribution is -2.42. The molecule has 24 heavy (non-hydrogen) atoms. The summed E-state index contributed by atoms with van der Waals surface area (Å²) >= 11 is 0. The van der Waals surface area contributed by atoms with E-state index >= 15 is 0 Å². The van der Waals surface area contributed by atoms with Gasteiger partial charge in [-0.05, 0) is 24.6 Å². The van der Waals surface area contributed by atoms with E-state index in [1.807, 2.05) is 30.3 Å². The maximum atomic E-state index is 6.08. The predicted molar refractivity (Wildman–Crippen MR) is 91.7 cm³/mol. The molecule has 3 heterocycles. The summed E-state index contributed by atoms with van der Waals surface area (Å²) in [5, 5.41) is 0. The lowest BCUT2D eigenvalue weighted by atomic mass is 10.2. The number of hydrogen-bond acceptors (Lipinski definition) is 6. The van der Waals surface area contributed by atoms with E-state index in [4.69, 9.17) is 9.47 Å². The Labute approximate surface area is 142 Å². The number of para-hydroxylation sites is 2. The SMILES string of the molecule is c1cnc(N2CCCN(C[C@@H]3COc4ccccc4O3)CC2)nc1.